The van der Waals surface area contributed by atoms with E-state index in [1.54, 1.807) is 11.3 Å². The second-order valence-corrected chi connectivity index (χ2v) is 7.13. The number of unbranched alkanes of at least 4 members (excludes halogenated alkanes) is 2. The van der Waals surface area contributed by atoms with Crippen molar-refractivity contribution in [2.24, 2.45) is 0 Å². The van der Waals surface area contributed by atoms with E-state index in [2.05, 4.69) is 22.5 Å². The molecule has 5 heteroatoms. The van der Waals surface area contributed by atoms with Crippen molar-refractivity contribution in [1.29, 1.82) is 0 Å². The summed E-state index contributed by atoms with van der Waals surface area (Å²) >= 11 is 1.71. The van der Waals surface area contributed by atoms with Gasteiger partial charge in [0.05, 0.1) is 5.69 Å². The van der Waals surface area contributed by atoms with Crippen LogP contribution in [0.3, 0.4) is 0 Å². The first-order valence-corrected chi connectivity index (χ1v) is 9.75. The maximum Gasteiger partial charge on any atom is 0.224 e. The highest BCUT2D eigenvalue weighted by Gasteiger charge is 2.16. The second-order valence-electron chi connectivity index (χ2n) is 6.29. The lowest BCUT2D eigenvalue weighted by atomic mass is 10.1. The molecule has 0 saturated carbocycles. The number of amides is 1. The largest absolute Gasteiger partial charge is 0.348 e. The molecule has 24 heavy (non-hydrogen) atoms. The maximum absolute atomic E-state index is 11.9. The van der Waals surface area contributed by atoms with Gasteiger partial charge in [-0.25, -0.2) is 4.98 Å². The van der Waals surface area contributed by atoms with Crippen LogP contribution in [0.4, 0.5) is 10.8 Å². The summed E-state index contributed by atoms with van der Waals surface area (Å²) < 4.78 is 0. The fourth-order valence-corrected chi connectivity index (χ4v) is 3.82. The van der Waals surface area contributed by atoms with Crippen molar-refractivity contribution >= 4 is 28.1 Å². The molecule has 1 aromatic carbocycles. The summed E-state index contributed by atoms with van der Waals surface area (Å²) in [5, 5.41) is 6.20. The summed E-state index contributed by atoms with van der Waals surface area (Å²) in [6, 6.07) is 7.98. The Morgan fingerprint density at radius 3 is 2.67 bits per heavy atom. The van der Waals surface area contributed by atoms with Crippen molar-refractivity contribution in [3.63, 3.8) is 0 Å². The topological polar surface area (TPSA) is 45.2 Å². The number of nitrogens with zero attached hydrogens (tertiary/aromatic N) is 2. The summed E-state index contributed by atoms with van der Waals surface area (Å²) in [4.78, 5) is 19.0. The first-order chi connectivity index (χ1) is 11.8. The van der Waals surface area contributed by atoms with Crippen LogP contribution in [0.15, 0.2) is 29.6 Å². The number of hydrogen-bond donors (Lipinski definition) is 1. The highest BCUT2D eigenvalue weighted by Crippen LogP contribution is 2.30. The summed E-state index contributed by atoms with van der Waals surface area (Å²) in [6.45, 7) is 4.39. The van der Waals surface area contributed by atoms with Crippen LogP contribution in [0.1, 0.15) is 45.4 Å². The molecule has 1 saturated heterocycles. The summed E-state index contributed by atoms with van der Waals surface area (Å²) in [5.41, 5.74) is 2.97. The molecule has 0 unspecified atom stereocenters. The molecule has 1 aliphatic rings. The Balaban J connectivity index is 1.59. The molecule has 0 bridgehead atoms. The normalized spacial score (nSPS) is 14.1. The minimum absolute atomic E-state index is 0.0983. The highest BCUT2D eigenvalue weighted by molar-refractivity contribution is 7.14. The van der Waals surface area contributed by atoms with Crippen LogP contribution in [-0.4, -0.2) is 24.0 Å². The van der Waals surface area contributed by atoms with Crippen LogP contribution in [-0.2, 0) is 4.79 Å². The Hall–Kier alpha value is -1.88. The molecule has 0 aliphatic carbocycles. The smallest absolute Gasteiger partial charge is 0.224 e. The van der Waals surface area contributed by atoms with E-state index >= 15 is 0 Å². The maximum atomic E-state index is 11.9. The zero-order valence-electron chi connectivity index (χ0n) is 14.3. The lowest BCUT2D eigenvalue weighted by Gasteiger charge is -2.12. The molecular weight excluding hydrogens is 318 g/mol. The Bertz CT molecular complexity index is 660. The van der Waals surface area contributed by atoms with E-state index in [1.807, 2.05) is 24.3 Å². The number of rotatable bonds is 7. The predicted octanol–water partition coefficient (Wildman–Crippen LogP) is 4.93. The molecule has 1 amide bonds. The van der Waals surface area contributed by atoms with E-state index in [0.717, 1.165) is 54.4 Å². The molecule has 3 rings (SSSR count). The second kappa shape index (κ2) is 8.29. The van der Waals surface area contributed by atoms with Gasteiger partial charge in [0.1, 0.15) is 0 Å². The highest BCUT2D eigenvalue weighted by atomic mass is 32.1. The average molecular weight is 343 g/mol. The third-order valence-corrected chi connectivity index (χ3v) is 5.24. The fraction of sp³-hybridized carbons (Fsp3) is 0.474. The Kier molecular flexibility index (Phi) is 5.86. The first-order valence-electron chi connectivity index (χ1n) is 8.87. The first kappa shape index (κ1) is 17.0. The average Bonchev–Trinajstić information content (AvgIpc) is 3.27. The minimum atomic E-state index is 0.0983. The van der Waals surface area contributed by atoms with E-state index in [0.29, 0.717) is 6.42 Å². The van der Waals surface area contributed by atoms with Gasteiger partial charge in [-0.3, -0.25) is 4.79 Å². The van der Waals surface area contributed by atoms with Crippen molar-refractivity contribution in [3.05, 3.63) is 29.6 Å². The van der Waals surface area contributed by atoms with Crippen LogP contribution in [0, 0.1) is 0 Å². The molecule has 1 fully saturated rings. The number of carbonyl (C=O) groups is 1. The molecular formula is C19H25N3OS. The summed E-state index contributed by atoms with van der Waals surface area (Å²) in [5.74, 6) is 0.0983. The number of carbonyl (C=O) groups excluding carboxylic acids is 1. The van der Waals surface area contributed by atoms with Crippen LogP contribution in [0.2, 0.25) is 0 Å². The minimum Gasteiger partial charge on any atom is -0.348 e. The third kappa shape index (κ3) is 4.35. The number of aromatic nitrogens is 1. The molecule has 0 radical (unpaired) electrons. The van der Waals surface area contributed by atoms with E-state index in [1.165, 1.54) is 12.8 Å². The summed E-state index contributed by atoms with van der Waals surface area (Å²) in [7, 11) is 0. The standard InChI is InChI=1S/C19H25N3OS/c1-2-3-4-7-18(23)20-16-10-8-15(9-11-16)17-14-24-19(21-17)22-12-5-6-13-22/h8-11,14H,2-7,12-13H2,1H3,(H,20,23). The van der Waals surface area contributed by atoms with E-state index in [9.17, 15) is 4.79 Å². The quantitative estimate of drug-likeness (QED) is 0.725. The number of thiazole rings is 1. The lowest BCUT2D eigenvalue weighted by molar-refractivity contribution is -0.116. The fourth-order valence-electron chi connectivity index (χ4n) is 2.93. The molecule has 1 aromatic heterocycles. The number of hydrogen-bond acceptors (Lipinski definition) is 4. The van der Waals surface area contributed by atoms with Crippen molar-refractivity contribution in [1.82, 2.24) is 4.98 Å². The zero-order chi connectivity index (χ0) is 16.8. The monoisotopic (exact) mass is 343 g/mol. The van der Waals surface area contributed by atoms with Gasteiger partial charge in [0.25, 0.3) is 0 Å². The number of anilines is 2. The third-order valence-electron chi connectivity index (χ3n) is 4.34. The van der Waals surface area contributed by atoms with Crippen LogP contribution in [0.5, 0.6) is 0 Å². The molecule has 128 valence electrons. The Labute approximate surface area is 147 Å². The van der Waals surface area contributed by atoms with Crippen LogP contribution >= 0.6 is 11.3 Å². The molecule has 4 nitrogen and oxygen atoms in total. The lowest BCUT2D eigenvalue weighted by Crippen LogP contribution is -2.17. The van der Waals surface area contributed by atoms with Gasteiger partial charge in [0.2, 0.25) is 5.91 Å². The Morgan fingerprint density at radius 1 is 1.21 bits per heavy atom. The Morgan fingerprint density at radius 2 is 1.96 bits per heavy atom. The van der Waals surface area contributed by atoms with Crippen molar-refractivity contribution in [2.75, 3.05) is 23.3 Å². The number of benzene rings is 1. The van der Waals surface area contributed by atoms with Gasteiger partial charge < -0.3 is 10.2 Å². The van der Waals surface area contributed by atoms with Crippen LogP contribution in [0.25, 0.3) is 11.3 Å². The van der Waals surface area contributed by atoms with Gasteiger partial charge in [-0.15, -0.1) is 11.3 Å². The van der Waals surface area contributed by atoms with Gasteiger partial charge in [-0.05, 0) is 31.4 Å². The van der Waals surface area contributed by atoms with Gasteiger partial charge in [-0.2, -0.15) is 0 Å². The molecule has 2 heterocycles. The molecule has 0 atom stereocenters. The molecule has 1 aliphatic heterocycles. The molecule has 0 spiro atoms. The molecule has 2 aromatic rings. The van der Waals surface area contributed by atoms with Crippen LogP contribution < -0.4 is 10.2 Å². The van der Waals surface area contributed by atoms with Gasteiger partial charge in [-0.1, -0.05) is 31.9 Å². The molecule has 1 N–H and O–H groups in total. The zero-order valence-corrected chi connectivity index (χ0v) is 15.1. The number of nitrogens with one attached hydrogen (secondary N) is 1. The SMILES string of the molecule is CCCCCC(=O)Nc1ccc(-c2csc(N3CCCC3)n2)cc1. The van der Waals surface area contributed by atoms with Crippen molar-refractivity contribution < 1.29 is 4.79 Å². The van der Waals surface area contributed by atoms with Gasteiger partial charge in [0, 0.05) is 36.1 Å². The van der Waals surface area contributed by atoms with Crippen molar-refractivity contribution in [3.8, 4) is 11.3 Å². The van der Waals surface area contributed by atoms with Crippen molar-refractivity contribution in [2.45, 2.75) is 45.4 Å². The van der Waals surface area contributed by atoms with E-state index in [-0.39, 0.29) is 5.91 Å². The predicted molar refractivity (Wildman–Crippen MR) is 102 cm³/mol. The van der Waals surface area contributed by atoms with Gasteiger partial charge in [0.15, 0.2) is 5.13 Å². The summed E-state index contributed by atoms with van der Waals surface area (Å²) in [6.07, 6.45) is 6.33. The van der Waals surface area contributed by atoms with Gasteiger partial charge >= 0.3 is 0 Å². The van der Waals surface area contributed by atoms with E-state index < -0.39 is 0 Å². The van der Waals surface area contributed by atoms with E-state index in [4.69, 9.17) is 4.98 Å².